The molecule has 23 heavy (non-hydrogen) atoms. The Hall–Kier alpha value is -2.75. The van der Waals surface area contributed by atoms with Crippen LogP contribution < -0.4 is 4.74 Å². The van der Waals surface area contributed by atoms with Crippen LogP contribution in [-0.2, 0) is 6.42 Å². The zero-order valence-electron chi connectivity index (χ0n) is 13.2. The molecule has 0 aliphatic carbocycles. The van der Waals surface area contributed by atoms with Crippen molar-refractivity contribution in [1.29, 1.82) is 0 Å². The quantitative estimate of drug-likeness (QED) is 0.847. The predicted octanol–water partition coefficient (Wildman–Crippen LogP) is 3.77. The summed E-state index contributed by atoms with van der Waals surface area (Å²) in [5.74, 6) is 2.62. The molecule has 0 saturated carbocycles. The Morgan fingerprint density at radius 2 is 2.13 bits per heavy atom. The lowest BCUT2D eigenvalue weighted by Gasteiger charge is -2.30. The van der Waals surface area contributed by atoms with E-state index in [1.807, 2.05) is 43.6 Å². The van der Waals surface area contributed by atoms with Crippen molar-refractivity contribution >= 4 is 11.4 Å². The molecule has 116 valence electrons. The Labute approximate surface area is 135 Å². The molecular weight excluding hydrogens is 288 g/mol. The number of hydrogen-bond donors (Lipinski definition) is 0. The fraction of sp³-hybridized carbons (Fsp3) is 0.211. The fourth-order valence-electron chi connectivity index (χ4n) is 3.15. The molecule has 4 rings (SSSR count). The number of nitrogens with zero attached hydrogens (tertiary/aromatic N) is 2. The third-order valence-corrected chi connectivity index (χ3v) is 4.27. The first kappa shape index (κ1) is 13.9. The van der Waals surface area contributed by atoms with Crippen molar-refractivity contribution in [1.82, 2.24) is 4.90 Å². The summed E-state index contributed by atoms with van der Waals surface area (Å²) in [7, 11) is 1.72. The van der Waals surface area contributed by atoms with Crippen molar-refractivity contribution in [3.05, 3.63) is 71.5 Å². The Balaban J connectivity index is 1.85. The first-order chi connectivity index (χ1) is 11.3. The Morgan fingerprint density at radius 3 is 2.91 bits per heavy atom. The largest absolute Gasteiger partial charge is 0.496 e. The van der Waals surface area contributed by atoms with E-state index in [1.165, 1.54) is 11.1 Å². The summed E-state index contributed by atoms with van der Waals surface area (Å²) in [5, 5.41) is 0. The highest BCUT2D eigenvalue weighted by atomic mass is 16.5. The van der Waals surface area contributed by atoms with E-state index in [2.05, 4.69) is 22.0 Å². The SMILES string of the molecule is COc1cccc2c1CCN1C=CN=C(c3ccc(C)o3)C=C21. The van der Waals surface area contributed by atoms with E-state index < -0.39 is 0 Å². The molecule has 0 unspecified atom stereocenters. The lowest BCUT2D eigenvalue weighted by molar-refractivity contribution is 0.403. The molecule has 0 bridgehead atoms. The van der Waals surface area contributed by atoms with Crippen molar-refractivity contribution in [3.63, 3.8) is 0 Å². The normalized spacial score (nSPS) is 16.2. The lowest BCUT2D eigenvalue weighted by atomic mass is 9.95. The molecule has 0 fully saturated rings. The van der Waals surface area contributed by atoms with E-state index in [9.17, 15) is 0 Å². The van der Waals surface area contributed by atoms with Crippen LogP contribution in [0.3, 0.4) is 0 Å². The second kappa shape index (κ2) is 5.47. The topological polar surface area (TPSA) is 38.0 Å². The molecule has 3 heterocycles. The van der Waals surface area contributed by atoms with Crippen LogP contribution in [0.2, 0.25) is 0 Å². The second-order valence-corrected chi connectivity index (χ2v) is 5.68. The molecule has 4 heteroatoms. The molecule has 2 aliphatic heterocycles. The minimum absolute atomic E-state index is 0.788. The Kier molecular flexibility index (Phi) is 3.30. The van der Waals surface area contributed by atoms with Crippen LogP contribution in [0.15, 0.2) is 58.2 Å². The molecule has 2 aliphatic rings. The highest BCUT2D eigenvalue weighted by Crippen LogP contribution is 2.35. The van der Waals surface area contributed by atoms with E-state index in [0.29, 0.717) is 0 Å². The molecule has 1 aromatic carbocycles. The standard InChI is InChI=1S/C19H18N2O2/c1-13-6-7-19(23-13)16-12-17-14-4-3-5-18(22-2)15(14)8-10-21(17)11-9-20-16/h3-7,9,11-12H,8,10H2,1-2H3. The van der Waals surface area contributed by atoms with Gasteiger partial charge in [-0.05, 0) is 37.6 Å². The maximum Gasteiger partial charge on any atom is 0.152 e. The zero-order valence-corrected chi connectivity index (χ0v) is 13.2. The van der Waals surface area contributed by atoms with Gasteiger partial charge >= 0.3 is 0 Å². The molecule has 4 nitrogen and oxygen atoms in total. The molecule has 0 saturated heterocycles. The van der Waals surface area contributed by atoms with Gasteiger partial charge in [-0.15, -0.1) is 0 Å². The van der Waals surface area contributed by atoms with Gasteiger partial charge in [-0.1, -0.05) is 12.1 Å². The van der Waals surface area contributed by atoms with Gasteiger partial charge in [0.1, 0.15) is 17.2 Å². The molecule has 0 spiro atoms. The number of furan rings is 1. The van der Waals surface area contributed by atoms with Gasteiger partial charge in [0.15, 0.2) is 5.76 Å². The van der Waals surface area contributed by atoms with Crippen molar-refractivity contribution in [2.24, 2.45) is 4.99 Å². The number of allylic oxidation sites excluding steroid dienone is 1. The second-order valence-electron chi connectivity index (χ2n) is 5.68. The number of aryl methyl sites for hydroxylation is 1. The summed E-state index contributed by atoms with van der Waals surface area (Å²) < 4.78 is 11.3. The third kappa shape index (κ3) is 2.36. The van der Waals surface area contributed by atoms with Gasteiger partial charge in [-0.3, -0.25) is 4.99 Å². The van der Waals surface area contributed by atoms with Gasteiger partial charge in [0.2, 0.25) is 0 Å². The van der Waals surface area contributed by atoms with Crippen LogP contribution in [0.5, 0.6) is 5.75 Å². The lowest BCUT2D eigenvalue weighted by Crippen LogP contribution is -2.25. The molecule has 1 aromatic heterocycles. The van der Waals surface area contributed by atoms with Gasteiger partial charge in [-0.25, -0.2) is 0 Å². The summed E-state index contributed by atoms with van der Waals surface area (Å²) in [6.07, 6.45) is 6.91. The van der Waals surface area contributed by atoms with Gasteiger partial charge in [0.25, 0.3) is 0 Å². The van der Waals surface area contributed by atoms with Crippen LogP contribution in [0.25, 0.3) is 5.70 Å². The predicted molar refractivity (Wildman–Crippen MR) is 90.5 cm³/mol. The molecule has 0 atom stereocenters. The average Bonchev–Trinajstić information content (AvgIpc) is 2.89. The van der Waals surface area contributed by atoms with Gasteiger partial charge in [0.05, 0.1) is 12.8 Å². The van der Waals surface area contributed by atoms with E-state index in [0.717, 1.165) is 41.6 Å². The number of benzene rings is 1. The van der Waals surface area contributed by atoms with Crippen LogP contribution >= 0.6 is 0 Å². The van der Waals surface area contributed by atoms with E-state index in [1.54, 1.807) is 7.11 Å². The first-order valence-electron chi connectivity index (χ1n) is 7.72. The highest BCUT2D eigenvalue weighted by molar-refractivity contribution is 6.11. The zero-order chi connectivity index (χ0) is 15.8. The number of rotatable bonds is 2. The number of ether oxygens (including phenoxy) is 1. The fourth-order valence-corrected chi connectivity index (χ4v) is 3.15. The number of methoxy groups -OCH3 is 1. The van der Waals surface area contributed by atoms with Crippen LogP contribution in [-0.4, -0.2) is 24.3 Å². The van der Waals surface area contributed by atoms with Crippen LogP contribution in [0.4, 0.5) is 0 Å². The minimum atomic E-state index is 0.788. The van der Waals surface area contributed by atoms with Crippen molar-refractivity contribution in [2.45, 2.75) is 13.3 Å². The van der Waals surface area contributed by atoms with Crippen LogP contribution in [0, 0.1) is 6.92 Å². The number of aliphatic imine (C=N–C) groups is 1. The smallest absolute Gasteiger partial charge is 0.152 e. The summed E-state index contributed by atoms with van der Waals surface area (Å²) in [4.78, 5) is 6.77. The van der Waals surface area contributed by atoms with Crippen molar-refractivity contribution in [2.75, 3.05) is 13.7 Å². The molecule has 0 amide bonds. The summed E-state index contributed by atoms with van der Waals surface area (Å²) in [6, 6.07) is 10.1. The van der Waals surface area contributed by atoms with Crippen molar-refractivity contribution < 1.29 is 9.15 Å². The van der Waals surface area contributed by atoms with Gasteiger partial charge < -0.3 is 14.1 Å². The average molecular weight is 306 g/mol. The molecule has 2 aromatic rings. The maximum atomic E-state index is 5.74. The maximum absolute atomic E-state index is 5.74. The third-order valence-electron chi connectivity index (χ3n) is 4.27. The minimum Gasteiger partial charge on any atom is -0.496 e. The van der Waals surface area contributed by atoms with Crippen LogP contribution in [0.1, 0.15) is 22.6 Å². The monoisotopic (exact) mass is 306 g/mol. The van der Waals surface area contributed by atoms with E-state index >= 15 is 0 Å². The van der Waals surface area contributed by atoms with Crippen molar-refractivity contribution in [3.8, 4) is 5.75 Å². The number of hydrogen-bond acceptors (Lipinski definition) is 4. The molecule has 0 N–H and O–H groups in total. The van der Waals surface area contributed by atoms with E-state index in [-0.39, 0.29) is 0 Å². The van der Waals surface area contributed by atoms with E-state index in [4.69, 9.17) is 9.15 Å². The molecular formula is C19H18N2O2. The Bertz CT molecular complexity index is 843. The van der Waals surface area contributed by atoms with Gasteiger partial charge in [-0.2, -0.15) is 0 Å². The first-order valence-corrected chi connectivity index (χ1v) is 7.72. The molecule has 0 radical (unpaired) electrons. The summed E-state index contributed by atoms with van der Waals surface area (Å²) in [6.45, 7) is 2.85. The van der Waals surface area contributed by atoms with Gasteiger partial charge in [0, 0.05) is 30.1 Å². The Morgan fingerprint density at radius 1 is 1.22 bits per heavy atom. The summed E-state index contributed by atoms with van der Waals surface area (Å²) in [5.41, 5.74) is 4.41. The highest BCUT2D eigenvalue weighted by Gasteiger charge is 2.24. The summed E-state index contributed by atoms with van der Waals surface area (Å²) >= 11 is 0. The number of fused-ring (bicyclic) bond motifs is 3.